The molecule has 2 N–H and O–H groups in total. The Morgan fingerprint density at radius 1 is 1.03 bits per heavy atom. The highest BCUT2D eigenvalue weighted by molar-refractivity contribution is 6.25. The van der Waals surface area contributed by atoms with E-state index in [0.717, 1.165) is 10.5 Å². The summed E-state index contributed by atoms with van der Waals surface area (Å²) in [6, 6.07) is 13.4. The number of amides is 4. The summed E-state index contributed by atoms with van der Waals surface area (Å²) in [5.41, 5.74) is 1.71. The first kappa shape index (κ1) is 19.7. The van der Waals surface area contributed by atoms with Gasteiger partial charge in [-0.15, -0.1) is 0 Å². The van der Waals surface area contributed by atoms with Crippen LogP contribution in [0.4, 0.5) is 5.69 Å². The van der Waals surface area contributed by atoms with Crippen molar-refractivity contribution in [3.63, 3.8) is 0 Å². The van der Waals surface area contributed by atoms with Crippen LogP contribution in [0.25, 0.3) is 11.5 Å². The largest absolute Gasteiger partial charge is 0.439 e. The van der Waals surface area contributed by atoms with Crippen LogP contribution in [0.2, 0.25) is 0 Å². The molecule has 1 atom stereocenters. The van der Waals surface area contributed by atoms with Crippen LogP contribution in [-0.2, 0) is 16.1 Å². The van der Waals surface area contributed by atoms with Crippen molar-refractivity contribution < 1.29 is 23.6 Å². The van der Waals surface area contributed by atoms with Crippen LogP contribution in [0.3, 0.4) is 0 Å². The van der Waals surface area contributed by atoms with Gasteiger partial charge in [0, 0.05) is 17.7 Å². The summed E-state index contributed by atoms with van der Waals surface area (Å²) >= 11 is 0. The SMILES string of the molecule is O=C1CCC(N2C(=O)c3cccc(NCc4cnc(-c5ccccc5)o4)c3C2=O)C(=O)N1. The molecule has 2 aromatic carbocycles. The van der Waals surface area contributed by atoms with Gasteiger partial charge in [-0.2, -0.15) is 0 Å². The maximum absolute atomic E-state index is 13.1. The average Bonchev–Trinajstić information content (AvgIpc) is 3.37. The molecule has 4 amide bonds. The number of fused-ring (bicyclic) bond motifs is 1. The topological polar surface area (TPSA) is 122 Å². The van der Waals surface area contributed by atoms with Crippen molar-refractivity contribution in [3.05, 3.63) is 71.6 Å². The number of nitrogens with one attached hydrogen (secondary N) is 2. The molecule has 32 heavy (non-hydrogen) atoms. The second kappa shape index (κ2) is 7.77. The molecule has 3 heterocycles. The second-order valence-corrected chi connectivity index (χ2v) is 7.53. The summed E-state index contributed by atoms with van der Waals surface area (Å²) in [6.45, 7) is 0.246. The van der Waals surface area contributed by atoms with Crippen LogP contribution in [0.15, 0.2) is 59.1 Å². The van der Waals surface area contributed by atoms with E-state index in [4.69, 9.17) is 4.42 Å². The fourth-order valence-electron chi connectivity index (χ4n) is 3.95. The molecule has 0 spiro atoms. The Morgan fingerprint density at radius 3 is 2.62 bits per heavy atom. The summed E-state index contributed by atoms with van der Waals surface area (Å²) in [5, 5.41) is 5.32. The number of carbonyl (C=O) groups is 4. The van der Waals surface area contributed by atoms with Crippen molar-refractivity contribution in [1.82, 2.24) is 15.2 Å². The van der Waals surface area contributed by atoms with Gasteiger partial charge in [-0.25, -0.2) is 4.98 Å². The van der Waals surface area contributed by atoms with Crippen LogP contribution >= 0.6 is 0 Å². The van der Waals surface area contributed by atoms with Gasteiger partial charge in [0.05, 0.1) is 23.9 Å². The summed E-state index contributed by atoms with van der Waals surface area (Å²) in [5.74, 6) is -1.12. The number of oxazole rings is 1. The lowest BCUT2D eigenvalue weighted by atomic mass is 10.0. The summed E-state index contributed by atoms with van der Waals surface area (Å²) in [7, 11) is 0. The van der Waals surface area contributed by atoms with E-state index >= 15 is 0 Å². The minimum Gasteiger partial charge on any atom is -0.439 e. The summed E-state index contributed by atoms with van der Waals surface area (Å²) in [4.78, 5) is 54.9. The van der Waals surface area contributed by atoms with E-state index < -0.39 is 29.7 Å². The minimum absolute atomic E-state index is 0.0736. The average molecular weight is 430 g/mol. The molecule has 1 saturated heterocycles. The predicted molar refractivity (Wildman–Crippen MR) is 112 cm³/mol. The monoisotopic (exact) mass is 430 g/mol. The Kier molecular flexibility index (Phi) is 4.78. The molecular formula is C23H18N4O5. The molecule has 2 aliphatic rings. The molecule has 0 bridgehead atoms. The lowest BCUT2D eigenvalue weighted by molar-refractivity contribution is -0.136. The molecule has 2 aliphatic heterocycles. The van der Waals surface area contributed by atoms with Gasteiger partial charge in [-0.1, -0.05) is 24.3 Å². The smallest absolute Gasteiger partial charge is 0.264 e. The molecule has 0 radical (unpaired) electrons. The van der Waals surface area contributed by atoms with Gasteiger partial charge in [0.15, 0.2) is 0 Å². The van der Waals surface area contributed by atoms with Gasteiger partial charge in [0.1, 0.15) is 11.8 Å². The maximum Gasteiger partial charge on any atom is 0.264 e. The zero-order valence-electron chi connectivity index (χ0n) is 16.8. The fourth-order valence-corrected chi connectivity index (χ4v) is 3.95. The lowest BCUT2D eigenvalue weighted by Crippen LogP contribution is -2.54. The zero-order chi connectivity index (χ0) is 22.2. The quantitative estimate of drug-likeness (QED) is 0.596. The van der Waals surface area contributed by atoms with E-state index in [1.807, 2.05) is 30.3 Å². The number of anilines is 1. The molecular weight excluding hydrogens is 412 g/mol. The van der Waals surface area contributed by atoms with E-state index in [2.05, 4.69) is 15.6 Å². The van der Waals surface area contributed by atoms with E-state index in [-0.39, 0.29) is 30.5 Å². The van der Waals surface area contributed by atoms with Gasteiger partial charge in [0.25, 0.3) is 11.8 Å². The van der Waals surface area contributed by atoms with Crippen molar-refractivity contribution in [1.29, 1.82) is 0 Å². The van der Waals surface area contributed by atoms with Crippen molar-refractivity contribution >= 4 is 29.3 Å². The van der Waals surface area contributed by atoms with Crippen LogP contribution < -0.4 is 10.6 Å². The maximum atomic E-state index is 13.1. The summed E-state index contributed by atoms with van der Waals surface area (Å²) in [6.07, 6.45) is 1.78. The third-order valence-corrected chi connectivity index (χ3v) is 5.50. The number of carbonyl (C=O) groups excluding carboxylic acids is 4. The lowest BCUT2D eigenvalue weighted by Gasteiger charge is -2.27. The predicted octanol–water partition coefficient (Wildman–Crippen LogP) is 2.35. The minimum atomic E-state index is -1.00. The molecule has 9 nitrogen and oxygen atoms in total. The van der Waals surface area contributed by atoms with E-state index in [1.54, 1.807) is 24.4 Å². The highest BCUT2D eigenvalue weighted by Crippen LogP contribution is 2.32. The van der Waals surface area contributed by atoms with E-state index in [0.29, 0.717) is 17.3 Å². The van der Waals surface area contributed by atoms with Gasteiger partial charge in [-0.3, -0.25) is 29.4 Å². The Morgan fingerprint density at radius 2 is 1.84 bits per heavy atom. The van der Waals surface area contributed by atoms with E-state index in [1.165, 1.54) is 0 Å². The van der Waals surface area contributed by atoms with Gasteiger partial charge < -0.3 is 9.73 Å². The third-order valence-electron chi connectivity index (χ3n) is 5.50. The molecule has 9 heteroatoms. The number of aromatic nitrogens is 1. The van der Waals surface area contributed by atoms with Crippen LogP contribution in [0.5, 0.6) is 0 Å². The highest BCUT2D eigenvalue weighted by Gasteiger charge is 2.45. The normalized spacial score (nSPS) is 18.0. The molecule has 5 rings (SSSR count). The van der Waals surface area contributed by atoms with E-state index in [9.17, 15) is 19.2 Å². The number of nitrogens with zero attached hydrogens (tertiary/aromatic N) is 2. The Labute approximate surface area is 182 Å². The number of hydrogen-bond donors (Lipinski definition) is 2. The molecule has 1 unspecified atom stereocenters. The third kappa shape index (κ3) is 3.33. The first-order valence-electron chi connectivity index (χ1n) is 10.1. The van der Waals surface area contributed by atoms with Crippen molar-refractivity contribution in [2.75, 3.05) is 5.32 Å². The molecule has 160 valence electrons. The van der Waals surface area contributed by atoms with Crippen LogP contribution in [0.1, 0.15) is 39.3 Å². The van der Waals surface area contributed by atoms with Gasteiger partial charge in [-0.05, 0) is 30.7 Å². The Bertz CT molecular complexity index is 1250. The van der Waals surface area contributed by atoms with Crippen molar-refractivity contribution in [2.24, 2.45) is 0 Å². The first-order valence-corrected chi connectivity index (χ1v) is 10.1. The standard InChI is InChI=1S/C23H18N4O5/c28-18-10-9-17(20(29)26-18)27-22(30)15-7-4-8-16(19(15)23(27)31)24-11-14-12-25-21(32-14)13-5-2-1-3-6-13/h1-8,12,17,24H,9-11H2,(H,26,28,29). The molecule has 3 aromatic rings. The number of benzene rings is 2. The van der Waals surface area contributed by atoms with Crippen LogP contribution in [0, 0.1) is 0 Å². The van der Waals surface area contributed by atoms with Gasteiger partial charge >= 0.3 is 0 Å². The number of hydrogen-bond acceptors (Lipinski definition) is 7. The highest BCUT2D eigenvalue weighted by atomic mass is 16.4. The Hall–Kier alpha value is -4.27. The Balaban J connectivity index is 1.36. The second-order valence-electron chi connectivity index (χ2n) is 7.53. The molecule has 1 fully saturated rings. The molecule has 0 aliphatic carbocycles. The number of rotatable bonds is 5. The zero-order valence-corrected chi connectivity index (χ0v) is 16.8. The number of piperidine rings is 1. The number of imide groups is 2. The molecule has 0 saturated carbocycles. The fraction of sp³-hybridized carbons (Fsp3) is 0.174. The van der Waals surface area contributed by atoms with Crippen molar-refractivity contribution in [3.8, 4) is 11.5 Å². The van der Waals surface area contributed by atoms with Crippen molar-refractivity contribution in [2.45, 2.75) is 25.4 Å². The molecule has 1 aromatic heterocycles. The summed E-state index contributed by atoms with van der Waals surface area (Å²) < 4.78 is 5.78. The van der Waals surface area contributed by atoms with Gasteiger partial charge in [0.2, 0.25) is 17.7 Å². The van der Waals surface area contributed by atoms with Crippen LogP contribution in [-0.4, -0.2) is 39.6 Å². The first-order chi connectivity index (χ1) is 15.5.